The third kappa shape index (κ3) is 3.73. The number of alkyl halides is 2. The summed E-state index contributed by atoms with van der Waals surface area (Å²) in [6, 6.07) is 6.56. The molecule has 1 aromatic heterocycles. The largest absolute Gasteiger partial charge is 0.434 e. The Hall–Kier alpha value is -1.99. The highest BCUT2D eigenvalue weighted by Gasteiger charge is 2.38. The van der Waals surface area contributed by atoms with E-state index in [1.165, 1.54) is 6.07 Å². The maximum Gasteiger partial charge on any atom is 0.387 e. The number of halogens is 3. The Morgan fingerprint density at radius 1 is 1.38 bits per heavy atom. The first-order chi connectivity index (χ1) is 11.0. The first kappa shape index (κ1) is 18.4. The van der Waals surface area contributed by atoms with Crippen LogP contribution in [0.2, 0.25) is 0 Å². The summed E-state index contributed by atoms with van der Waals surface area (Å²) in [4.78, 5) is 4.29. The molecule has 1 aliphatic rings. The molecule has 24 heavy (non-hydrogen) atoms. The molecule has 8 heteroatoms. The van der Waals surface area contributed by atoms with Crippen molar-refractivity contribution >= 4 is 24.1 Å². The average molecular weight is 358 g/mol. The van der Waals surface area contributed by atoms with Gasteiger partial charge in [0.25, 0.3) is 5.89 Å². The smallest absolute Gasteiger partial charge is 0.387 e. The molecule has 0 radical (unpaired) electrons. The SMILES string of the molecule is C/C(=C/c1nc(C2(N)CCC2)no1)c1ccccc1OC(F)F.Cl. The fourth-order valence-corrected chi connectivity index (χ4v) is 2.53. The standard InChI is InChI=1S/C16H17F2N3O2.ClH/c1-10(11-5-2-3-6-12(11)22-15(17)18)9-13-20-14(21-23-13)16(19)7-4-8-16;/h2-3,5-6,9,15H,4,7-8,19H2,1H3;1H/b10-9-;. The van der Waals surface area contributed by atoms with Crippen LogP contribution in [0.25, 0.3) is 11.6 Å². The molecule has 0 spiro atoms. The topological polar surface area (TPSA) is 74.2 Å². The van der Waals surface area contributed by atoms with Crippen LogP contribution in [0.15, 0.2) is 28.8 Å². The molecule has 2 aromatic rings. The van der Waals surface area contributed by atoms with Gasteiger partial charge in [-0.1, -0.05) is 23.4 Å². The Morgan fingerprint density at radius 2 is 2.08 bits per heavy atom. The molecule has 130 valence electrons. The van der Waals surface area contributed by atoms with Gasteiger partial charge in [-0.05, 0) is 37.8 Å². The maximum absolute atomic E-state index is 12.5. The van der Waals surface area contributed by atoms with E-state index in [-0.39, 0.29) is 18.2 Å². The highest BCUT2D eigenvalue weighted by molar-refractivity contribution is 5.85. The van der Waals surface area contributed by atoms with Crippen molar-refractivity contribution in [3.05, 3.63) is 41.5 Å². The molecule has 0 bridgehead atoms. The molecule has 2 N–H and O–H groups in total. The molecule has 1 fully saturated rings. The summed E-state index contributed by atoms with van der Waals surface area (Å²) in [6.07, 6.45) is 4.35. The van der Waals surface area contributed by atoms with E-state index < -0.39 is 12.2 Å². The number of nitrogens with two attached hydrogens (primary N) is 1. The summed E-state index contributed by atoms with van der Waals surface area (Å²) in [7, 11) is 0. The normalized spacial score (nSPS) is 16.5. The number of para-hydroxylation sites is 1. The highest BCUT2D eigenvalue weighted by atomic mass is 35.5. The molecule has 0 amide bonds. The van der Waals surface area contributed by atoms with Crippen LogP contribution in [0.4, 0.5) is 8.78 Å². The second-order valence-electron chi connectivity index (χ2n) is 5.67. The number of allylic oxidation sites excluding steroid dienone is 1. The van der Waals surface area contributed by atoms with Crippen molar-refractivity contribution in [2.24, 2.45) is 5.73 Å². The van der Waals surface area contributed by atoms with Crippen LogP contribution in [0.5, 0.6) is 5.75 Å². The predicted octanol–water partition coefficient (Wildman–Crippen LogP) is 3.99. The second kappa shape index (κ2) is 7.27. The molecule has 1 aliphatic carbocycles. The van der Waals surface area contributed by atoms with Gasteiger partial charge in [0.1, 0.15) is 5.75 Å². The molecular weight excluding hydrogens is 340 g/mol. The summed E-state index contributed by atoms with van der Waals surface area (Å²) in [5.74, 6) is 0.881. The van der Waals surface area contributed by atoms with Gasteiger partial charge in [-0.15, -0.1) is 12.4 Å². The van der Waals surface area contributed by atoms with E-state index in [9.17, 15) is 8.78 Å². The number of ether oxygens (including phenoxy) is 1. The first-order valence-corrected chi connectivity index (χ1v) is 7.33. The summed E-state index contributed by atoms with van der Waals surface area (Å²) in [5.41, 5.74) is 6.87. The summed E-state index contributed by atoms with van der Waals surface area (Å²) in [6.45, 7) is -1.12. The van der Waals surface area contributed by atoms with Crippen LogP contribution in [0.3, 0.4) is 0 Å². The minimum Gasteiger partial charge on any atom is -0.434 e. The zero-order valence-electron chi connectivity index (χ0n) is 13.0. The molecule has 3 rings (SSSR count). The molecule has 0 aliphatic heterocycles. The van der Waals surface area contributed by atoms with Crippen LogP contribution in [0.1, 0.15) is 43.5 Å². The van der Waals surface area contributed by atoms with E-state index in [2.05, 4.69) is 14.9 Å². The maximum atomic E-state index is 12.5. The van der Waals surface area contributed by atoms with E-state index in [1.807, 2.05) is 0 Å². The molecule has 5 nitrogen and oxygen atoms in total. The third-order valence-electron chi connectivity index (χ3n) is 4.00. The summed E-state index contributed by atoms with van der Waals surface area (Å²) in [5, 5.41) is 3.92. The van der Waals surface area contributed by atoms with Gasteiger partial charge in [0.15, 0.2) is 5.82 Å². The van der Waals surface area contributed by atoms with Crippen molar-refractivity contribution in [1.29, 1.82) is 0 Å². The van der Waals surface area contributed by atoms with Gasteiger partial charge in [-0.2, -0.15) is 13.8 Å². The first-order valence-electron chi connectivity index (χ1n) is 7.33. The molecular formula is C16H18ClF2N3O2. The number of rotatable bonds is 5. The van der Waals surface area contributed by atoms with Gasteiger partial charge in [-0.3, -0.25) is 0 Å². The number of aromatic nitrogens is 2. The Labute approximate surface area is 144 Å². The molecule has 1 aromatic carbocycles. The van der Waals surface area contributed by atoms with Gasteiger partial charge >= 0.3 is 6.61 Å². The summed E-state index contributed by atoms with van der Waals surface area (Å²) >= 11 is 0. The Bertz CT molecular complexity index is 730. The van der Waals surface area contributed by atoms with Crippen LogP contribution in [-0.4, -0.2) is 16.8 Å². The number of benzene rings is 1. The van der Waals surface area contributed by atoms with E-state index >= 15 is 0 Å². The minimum atomic E-state index is -2.88. The van der Waals surface area contributed by atoms with Crippen molar-refractivity contribution in [3.63, 3.8) is 0 Å². The highest BCUT2D eigenvalue weighted by Crippen LogP contribution is 2.37. The van der Waals surface area contributed by atoms with Crippen LogP contribution in [0, 0.1) is 0 Å². The minimum absolute atomic E-state index is 0. The zero-order chi connectivity index (χ0) is 16.4. The number of nitrogens with zero attached hydrogens (tertiary/aromatic N) is 2. The molecule has 0 saturated heterocycles. The molecule has 1 heterocycles. The monoisotopic (exact) mass is 357 g/mol. The predicted molar refractivity (Wildman–Crippen MR) is 87.9 cm³/mol. The fraction of sp³-hybridized carbons (Fsp3) is 0.375. The lowest BCUT2D eigenvalue weighted by Gasteiger charge is -2.34. The van der Waals surface area contributed by atoms with Crippen molar-refractivity contribution in [1.82, 2.24) is 10.1 Å². The fourth-order valence-electron chi connectivity index (χ4n) is 2.53. The van der Waals surface area contributed by atoms with E-state index in [0.29, 0.717) is 22.9 Å². The number of hydrogen-bond donors (Lipinski definition) is 1. The lowest BCUT2D eigenvalue weighted by molar-refractivity contribution is -0.0500. The van der Waals surface area contributed by atoms with Gasteiger partial charge in [-0.25, -0.2) is 0 Å². The van der Waals surface area contributed by atoms with E-state index in [1.54, 1.807) is 31.2 Å². The van der Waals surface area contributed by atoms with Crippen molar-refractivity contribution in [3.8, 4) is 5.75 Å². The van der Waals surface area contributed by atoms with Crippen LogP contribution < -0.4 is 10.5 Å². The van der Waals surface area contributed by atoms with Crippen molar-refractivity contribution in [2.75, 3.05) is 0 Å². The third-order valence-corrected chi connectivity index (χ3v) is 4.00. The van der Waals surface area contributed by atoms with Gasteiger partial charge in [0, 0.05) is 11.6 Å². The van der Waals surface area contributed by atoms with Crippen LogP contribution >= 0.6 is 12.4 Å². The number of hydrogen-bond acceptors (Lipinski definition) is 5. The summed E-state index contributed by atoms with van der Waals surface area (Å²) < 4.78 is 34.7. The van der Waals surface area contributed by atoms with Crippen LogP contribution in [-0.2, 0) is 5.54 Å². The van der Waals surface area contributed by atoms with E-state index in [4.69, 9.17) is 10.3 Å². The van der Waals surface area contributed by atoms with Gasteiger partial charge in [0.2, 0.25) is 0 Å². The second-order valence-corrected chi connectivity index (χ2v) is 5.67. The van der Waals surface area contributed by atoms with Gasteiger partial charge < -0.3 is 15.0 Å². The quantitative estimate of drug-likeness (QED) is 0.875. The molecule has 1 saturated carbocycles. The van der Waals surface area contributed by atoms with E-state index in [0.717, 1.165) is 19.3 Å². The molecule has 0 unspecified atom stereocenters. The van der Waals surface area contributed by atoms with Crippen molar-refractivity contribution < 1.29 is 18.0 Å². The Morgan fingerprint density at radius 3 is 2.71 bits per heavy atom. The lowest BCUT2D eigenvalue weighted by atomic mass is 9.77. The average Bonchev–Trinajstić information content (AvgIpc) is 2.93. The van der Waals surface area contributed by atoms with Gasteiger partial charge in [0.05, 0.1) is 5.54 Å². The van der Waals surface area contributed by atoms with Crippen molar-refractivity contribution in [2.45, 2.75) is 38.3 Å². The molecule has 0 atom stereocenters. The lowest BCUT2D eigenvalue weighted by Crippen LogP contribution is -2.44. The Kier molecular flexibility index (Phi) is 5.56. The zero-order valence-corrected chi connectivity index (χ0v) is 13.9. The Balaban J connectivity index is 0.00000208.